The predicted octanol–water partition coefficient (Wildman–Crippen LogP) is 4.55. The van der Waals surface area contributed by atoms with Gasteiger partial charge >= 0.3 is 0 Å². The van der Waals surface area contributed by atoms with Gasteiger partial charge in [0.15, 0.2) is 0 Å². The van der Waals surface area contributed by atoms with Gasteiger partial charge in [0.1, 0.15) is 5.82 Å². The molecule has 1 aromatic carbocycles. The predicted molar refractivity (Wildman–Crippen MR) is 79.3 cm³/mol. The molecule has 0 saturated carbocycles. The van der Waals surface area contributed by atoms with E-state index in [2.05, 4.69) is 42.0 Å². The average molecular weight is 316 g/mol. The van der Waals surface area contributed by atoms with Crippen LogP contribution >= 0.6 is 15.9 Å². The Morgan fingerprint density at radius 2 is 2.00 bits per heavy atom. The first-order valence-corrected chi connectivity index (χ1v) is 7.25. The molecule has 0 heterocycles. The van der Waals surface area contributed by atoms with E-state index in [9.17, 15) is 4.39 Å². The molecule has 0 aliphatic rings. The topological polar surface area (TPSA) is 12.0 Å². The standard InChI is InChI=1S/C15H23BrFN/c1-15(2,3)14(18-4)7-5-6-11-8-9-12(16)10-13(11)17/h8-10,14,18H,5-7H2,1-4H3. The van der Waals surface area contributed by atoms with Gasteiger partial charge in [0.25, 0.3) is 0 Å². The smallest absolute Gasteiger partial charge is 0.127 e. The third-order valence-corrected chi connectivity index (χ3v) is 3.84. The van der Waals surface area contributed by atoms with Crippen LogP contribution in [0.4, 0.5) is 4.39 Å². The highest BCUT2D eigenvalue weighted by Gasteiger charge is 2.22. The Bertz CT molecular complexity index is 385. The van der Waals surface area contributed by atoms with Crippen molar-refractivity contribution in [1.82, 2.24) is 5.32 Å². The van der Waals surface area contributed by atoms with E-state index in [4.69, 9.17) is 0 Å². The van der Waals surface area contributed by atoms with E-state index in [1.807, 2.05) is 19.2 Å². The molecule has 1 nitrogen and oxygen atoms in total. The van der Waals surface area contributed by atoms with E-state index in [-0.39, 0.29) is 11.2 Å². The highest BCUT2D eigenvalue weighted by Crippen LogP contribution is 2.24. The Morgan fingerprint density at radius 3 is 2.50 bits per heavy atom. The van der Waals surface area contributed by atoms with Gasteiger partial charge in [0, 0.05) is 10.5 Å². The van der Waals surface area contributed by atoms with Crippen molar-refractivity contribution < 1.29 is 4.39 Å². The summed E-state index contributed by atoms with van der Waals surface area (Å²) in [6, 6.07) is 5.77. The SMILES string of the molecule is CNC(CCCc1ccc(Br)cc1F)C(C)(C)C. The summed E-state index contributed by atoms with van der Waals surface area (Å²) in [4.78, 5) is 0. The second-order valence-corrected chi connectivity index (χ2v) is 6.75. The first-order valence-electron chi connectivity index (χ1n) is 6.46. The molecule has 0 spiro atoms. The molecule has 0 radical (unpaired) electrons. The Balaban J connectivity index is 2.51. The van der Waals surface area contributed by atoms with E-state index in [0.29, 0.717) is 6.04 Å². The zero-order valence-electron chi connectivity index (χ0n) is 11.7. The second kappa shape index (κ2) is 6.67. The van der Waals surface area contributed by atoms with Gasteiger partial charge in [0.05, 0.1) is 0 Å². The van der Waals surface area contributed by atoms with Crippen molar-refractivity contribution in [2.75, 3.05) is 7.05 Å². The van der Waals surface area contributed by atoms with Crippen molar-refractivity contribution in [1.29, 1.82) is 0 Å². The van der Waals surface area contributed by atoms with Crippen LogP contribution in [-0.4, -0.2) is 13.1 Å². The molecule has 0 amide bonds. The van der Waals surface area contributed by atoms with E-state index in [1.54, 1.807) is 0 Å². The Labute approximate surface area is 118 Å². The fourth-order valence-corrected chi connectivity index (χ4v) is 2.56. The van der Waals surface area contributed by atoms with Crippen LogP contribution in [0.3, 0.4) is 0 Å². The van der Waals surface area contributed by atoms with Crippen molar-refractivity contribution in [2.45, 2.75) is 46.1 Å². The van der Waals surface area contributed by atoms with Crippen LogP contribution < -0.4 is 5.32 Å². The highest BCUT2D eigenvalue weighted by molar-refractivity contribution is 9.10. The number of hydrogen-bond acceptors (Lipinski definition) is 1. The van der Waals surface area contributed by atoms with Gasteiger partial charge < -0.3 is 5.32 Å². The summed E-state index contributed by atoms with van der Waals surface area (Å²) in [7, 11) is 2.00. The van der Waals surface area contributed by atoms with Crippen LogP contribution in [-0.2, 0) is 6.42 Å². The van der Waals surface area contributed by atoms with E-state index >= 15 is 0 Å². The maximum Gasteiger partial charge on any atom is 0.127 e. The van der Waals surface area contributed by atoms with Crippen molar-refractivity contribution in [3.05, 3.63) is 34.1 Å². The number of aryl methyl sites for hydroxylation is 1. The lowest BCUT2D eigenvalue weighted by atomic mass is 9.83. The largest absolute Gasteiger partial charge is 0.316 e. The third-order valence-electron chi connectivity index (χ3n) is 3.35. The number of halogens is 2. The van der Waals surface area contributed by atoms with Gasteiger partial charge in [-0.15, -0.1) is 0 Å². The normalized spacial score (nSPS) is 13.7. The number of hydrogen-bond donors (Lipinski definition) is 1. The minimum absolute atomic E-state index is 0.110. The molecule has 0 aliphatic heterocycles. The number of rotatable bonds is 5. The van der Waals surface area contributed by atoms with Crippen LogP contribution in [0.2, 0.25) is 0 Å². The molecule has 1 aromatic rings. The molecular weight excluding hydrogens is 293 g/mol. The molecule has 0 aliphatic carbocycles. The van der Waals surface area contributed by atoms with Crippen LogP contribution in [0.15, 0.2) is 22.7 Å². The second-order valence-electron chi connectivity index (χ2n) is 5.84. The van der Waals surface area contributed by atoms with Crippen molar-refractivity contribution >= 4 is 15.9 Å². The summed E-state index contributed by atoms with van der Waals surface area (Å²) in [6.07, 6.45) is 2.87. The quantitative estimate of drug-likeness (QED) is 0.840. The lowest BCUT2D eigenvalue weighted by Crippen LogP contribution is -2.37. The Morgan fingerprint density at radius 1 is 1.33 bits per heavy atom. The zero-order chi connectivity index (χ0) is 13.8. The monoisotopic (exact) mass is 315 g/mol. The van der Waals surface area contributed by atoms with Gasteiger partial charge in [-0.1, -0.05) is 42.8 Å². The minimum atomic E-state index is -0.110. The fraction of sp³-hybridized carbons (Fsp3) is 0.600. The Kier molecular flexibility index (Phi) is 5.80. The van der Waals surface area contributed by atoms with E-state index in [0.717, 1.165) is 29.3 Å². The average Bonchev–Trinajstić information content (AvgIpc) is 2.25. The summed E-state index contributed by atoms with van der Waals surface area (Å²) in [5.41, 5.74) is 1.05. The molecule has 0 saturated heterocycles. The zero-order valence-corrected chi connectivity index (χ0v) is 13.3. The van der Waals surface area contributed by atoms with Gasteiger partial charge in [-0.25, -0.2) is 4.39 Å². The molecule has 1 unspecified atom stereocenters. The van der Waals surface area contributed by atoms with Crippen LogP contribution in [0.25, 0.3) is 0 Å². The maximum atomic E-state index is 13.6. The van der Waals surface area contributed by atoms with Gasteiger partial charge in [0.2, 0.25) is 0 Å². The minimum Gasteiger partial charge on any atom is -0.316 e. The molecule has 102 valence electrons. The highest BCUT2D eigenvalue weighted by atomic mass is 79.9. The van der Waals surface area contributed by atoms with Crippen molar-refractivity contribution in [3.63, 3.8) is 0 Å². The van der Waals surface area contributed by atoms with Gasteiger partial charge in [-0.3, -0.25) is 0 Å². The van der Waals surface area contributed by atoms with Gasteiger partial charge in [-0.2, -0.15) is 0 Å². The summed E-state index contributed by atoms with van der Waals surface area (Å²) in [6.45, 7) is 6.69. The van der Waals surface area contributed by atoms with Gasteiger partial charge in [-0.05, 0) is 49.4 Å². The molecule has 3 heteroatoms. The summed E-state index contributed by atoms with van der Waals surface area (Å²) in [5, 5.41) is 3.35. The fourth-order valence-electron chi connectivity index (χ4n) is 2.23. The molecule has 1 rings (SSSR count). The third kappa shape index (κ3) is 4.69. The van der Waals surface area contributed by atoms with Crippen LogP contribution in [0.5, 0.6) is 0 Å². The lowest BCUT2D eigenvalue weighted by Gasteiger charge is -2.30. The lowest BCUT2D eigenvalue weighted by molar-refractivity contribution is 0.263. The summed E-state index contributed by atoms with van der Waals surface area (Å²) in [5.74, 6) is -0.110. The summed E-state index contributed by atoms with van der Waals surface area (Å²) < 4.78 is 14.4. The molecule has 0 bridgehead atoms. The Hall–Kier alpha value is -0.410. The number of nitrogens with one attached hydrogen (secondary N) is 1. The first kappa shape index (κ1) is 15.6. The molecular formula is C15H23BrFN. The molecule has 1 N–H and O–H groups in total. The molecule has 0 fully saturated rings. The molecule has 18 heavy (non-hydrogen) atoms. The summed E-state index contributed by atoms with van der Waals surface area (Å²) >= 11 is 3.27. The number of benzene rings is 1. The maximum absolute atomic E-state index is 13.6. The van der Waals surface area contributed by atoms with E-state index in [1.165, 1.54) is 6.07 Å². The van der Waals surface area contributed by atoms with Crippen LogP contribution in [0, 0.1) is 11.2 Å². The van der Waals surface area contributed by atoms with E-state index < -0.39 is 0 Å². The van der Waals surface area contributed by atoms with Crippen LogP contribution in [0.1, 0.15) is 39.2 Å². The molecule has 1 atom stereocenters. The molecule has 0 aromatic heterocycles. The van der Waals surface area contributed by atoms with Crippen molar-refractivity contribution in [3.8, 4) is 0 Å². The van der Waals surface area contributed by atoms with Crippen molar-refractivity contribution in [2.24, 2.45) is 5.41 Å². The first-order chi connectivity index (χ1) is 8.34.